The number of likely N-dealkylation sites (tertiary alicyclic amines) is 1. The van der Waals surface area contributed by atoms with E-state index in [0.29, 0.717) is 11.7 Å². The standard InChI is InChI=1S/C16H26N2O/c1-13-12-18(9-4-8-17)10-7-16(13,2)14-5-3-6-15(19)11-14/h3,5-6,11,13,19H,4,7-10,12,17H2,1-2H3. The number of phenolic OH excluding ortho intramolecular Hbond substituents is 1. The molecule has 0 amide bonds. The highest BCUT2D eigenvalue weighted by Gasteiger charge is 2.37. The molecule has 1 heterocycles. The van der Waals surface area contributed by atoms with Crippen LogP contribution in [0.3, 0.4) is 0 Å². The third-order valence-electron chi connectivity index (χ3n) is 4.75. The van der Waals surface area contributed by atoms with Crippen molar-refractivity contribution in [3.63, 3.8) is 0 Å². The van der Waals surface area contributed by atoms with Gasteiger partial charge in [0.1, 0.15) is 5.75 Å². The summed E-state index contributed by atoms with van der Waals surface area (Å²) in [6.07, 6.45) is 2.22. The summed E-state index contributed by atoms with van der Waals surface area (Å²) in [5, 5.41) is 9.69. The SMILES string of the molecule is CC1CN(CCCN)CCC1(C)c1cccc(O)c1. The molecule has 3 nitrogen and oxygen atoms in total. The summed E-state index contributed by atoms with van der Waals surface area (Å²) in [6, 6.07) is 7.76. The number of hydrogen-bond donors (Lipinski definition) is 2. The first kappa shape index (κ1) is 14.4. The first-order valence-corrected chi connectivity index (χ1v) is 7.28. The topological polar surface area (TPSA) is 49.5 Å². The van der Waals surface area contributed by atoms with Gasteiger partial charge in [0.2, 0.25) is 0 Å². The normalized spacial score (nSPS) is 28.5. The number of phenols is 1. The van der Waals surface area contributed by atoms with Gasteiger partial charge in [0.15, 0.2) is 0 Å². The van der Waals surface area contributed by atoms with Crippen LogP contribution >= 0.6 is 0 Å². The predicted molar refractivity (Wildman–Crippen MR) is 79.4 cm³/mol. The molecular weight excluding hydrogens is 236 g/mol. The maximum Gasteiger partial charge on any atom is 0.115 e. The third kappa shape index (κ3) is 3.10. The molecule has 1 aliphatic heterocycles. The Morgan fingerprint density at radius 2 is 2.26 bits per heavy atom. The van der Waals surface area contributed by atoms with Crippen LogP contribution in [-0.4, -0.2) is 36.2 Å². The first-order valence-electron chi connectivity index (χ1n) is 7.28. The molecule has 19 heavy (non-hydrogen) atoms. The van der Waals surface area contributed by atoms with Crippen molar-refractivity contribution in [2.24, 2.45) is 11.7 Å². The minimum atomic E-state index is 0.165. The van der Waals surface area contributed by atoms with E-state index in [-0.39, 0.29) is 5.41 Å². The molecule has 1 fully saturated rings. The maximum absolute atomic E-state index is 9.69. The van der Waals surface area contributed by atoms with Crippen LogP contribution in [0.15, 0.2) is 24.3 Å². The van der Waals surface area contributed by atoms with E-state index in [1.165, 1.54) is 5.56 Å². The number of piperidine rings is 1. The fourth-order valence-corrected chi connectivity index (χ4v) is 3.12. The molecule has 1 aromatic rings. The van der Waals surface area contributed by atoms with Gasteiger partial charge in [-0.3, -0.25) is 0 Å². The molecule has 2 unspecified atom stereocenters. The van der Waals surface area contributed by atoms with Crippen molar-refractivity contribution in [2.75, 3.05) is 26.2 Å². The van der Waals surface area contributed by atoms with Gasteiger partial charge in [-0.1, -0.05) is 26.0 Å². The maximum atomic E-state index is 9.69. The Kier molecular flexibility index (Phi) is 4.48. The molecule has 1 aromatic carbocycles. The molecular formula is C16H26N2O. The smallest absolute Gasteiger partial charge is 0.115 e. The Morgan fingerprint density at radius 3 is 2.89 bits per heavy atom. The minimum absolute atomic E-state index is 0.165. The Morgan fingerprint density at radius 1 is 1.47 bits per heavy atom. The highest BCUT2D eigenvalue weighted by molar-refractivity contribution is 5.33. The van der Waals surface area contributed by atoms with Crippen molar-refractivity contribution in [2.45, 2.75) is 32.1 Å². The van der Waals surface area contributed by atoms with Gasteiger partial charge in [0.05, 0.1) is 0 Å². The van der Waals surface area contributed by atoms with Gasteiger partial charge in [-0.05, 0) is 61.5 Å². The highest BCUT2D eigenvalue weighted by atomic mass is 16.3. The molecule has 0 radical (unpaired) electrons. The summed E-state index contributed by atoms with van der Waals surface area (Å²) in [5.41, 5.74) is 7.01. The fraction of sp³-hybridized carbons (Fsp3) is 0.625. The lowest BCUT2D eigenvalue weighted by molar-refractivity contribution is 0.110. The van der Waals surface area contributed by atoms with Crippen LogP contribution < -0.4 is 5.73 Å². The Bertz CT molecular complexity index is 421. The van der Waals surface area contributed by atoms with E-state index in [4.69, 9.17) is 5.73 Å². The molecule has 1 saturated heterocycles. The monoisotopic (exact) mass is 262 g/mol. The fourth-order valence-electron chi connectivity index (χ4n) is 3.12. The zero-order chi connectivity index (χ0) is 13.9. The average Bonchev–Trinajstić information content (AvgIpc) is 2.40. The van der Waals surface area contributed by atoms with Gasteiger partial charge < -0.3 is 15.7 Å². The van der Waals surface area contributed by atoms with Crippen LogP contribution in [0.5, 0.6) is 5.75 Å². The number of hydrogen-bond acceptors (Lipinski definition) is 3. The minimum Gasteiger partial charge on any atom is -0.508 e. The average molecular weight is 262 g/mol. The lowest BCUT2D eigenvalue weighted by Crippen LogP contribution is -2.47. The molecule has 0 spiro atoms. The summed E-state index contributed by atoms with van der Waals surface area (Å²) < 4.78 is 0. The lowest BCUT2D eigenvalue weighted by Gasteiger charge is -2.45. The Labute approximate surface area is 116 Å². The second-order valence-corrected chi connectivity index (χ2v) is 6.06. The Balaban J connectivity index is 2.09. The summed E-state index contributed by atoms with van der Waals surface area (Å²) in [4.78, 5) is 2.52. The van der Waals surface area contributed by atoms with Gasteiger partial charge in [-0.2, -0.15) is 0 Å². The number of nitrogens with two attached hydrogens (primary N) is 1. The van der Waals surface area contributed by atoms with E-state index in [9.17, 15) is 5.11 Å². The quantitative estimate of drug-likeness (QED) is 0.875. The van der Waals surface area contributed by atoms with Crippen LogP contribution in [-0.2, 0) is 5.41 Å². The van der Waals surface area contributed by atoms with E-state index in [1.54, 1.807) is 6.07 Å². The molecule has 0 saturated carbocycles. The van der Waals surface area contributed by atoms with E-state index < -0.39 is 0 Å². The molecule has 1 aliphatic rings. The largest absolute Gasteiger partial charge is 0.508 e. The van der Waals surface area contributed by atoms with Gasteiger partial charge in [-0.15, -0.1) is 0 Å². The Hall–Kier alpha value is -1.06. The van der Waals surface area contributed by atoms with Crippen LogP contribution in [0.25, 0.3) is 0 Å². The van der Waals surface area contributed by atoms with Crippen molar-refractivity contribution >= 4 is 0 Å². The van der Waals surface area contributed by atoms with E-state index in [2.05, 4.69) is 24.8 Å². The molecule has 2 rings (SSSR count). The van der Waals surface area contributed by atoms with Crippen molar-refractivity contribution in [3.8, 4) is 5.75 Å². The summed E-state index contributed by atoms with van der Waals surface area (Å²) in [5.74, 6) is 0.956. The summed E-state index contributed by atoms with van der Waals surface area (Å²) >= 11 is 0. The molecule has 3 N–H and O–H groups in total. The van der Waals surface area contributed by atoms with Gasteiger partial charge in [-0.25, -0.2) is 0 Å². The van der Waals surface area contributed by atoms with Gasteiger partial charge >= 0.3 is 0 Å². The highest BCUT2D eigenvalue weighted by Crippen LogP contribution is 2.40. The molecule has 106 valence electrons. The predicted octanol–water partition coefficient (Wildman–Crippen LogP) is 2.34. The van der Waals surface area contributed by atoms with Crippen molar-refractivity contribution in [3.05, 3.63) is 29.8 Å². The zero-order valence-electron chi connectivity index (χ0n) is 12.1. The molecule has 0 bridgehead atoms. The third-order valence-corrected chi connectivity index (χ3v) is 4.75. The number of rotatable bonds is 4. The van der Waals surface area contributed by atoms with E-state index in [0.717, 1.165) is 39.0 Å². The first-order chi connectivity index (χ1) is 9.06. The second kappa shape index (κ2) is 5.93. The molecule has 2 atom stereocenters. The summed E-state index contributed by atoms with van der Waals surface area (Å²) in [7, 11) is 0. The zero-order valence-corrected chi connectivity index (χ0v) is 12.1. The van der Waals surface area contributed by atoms with Gasteiger partial charge in [0, 0.05) is 6.54 Å². The number of nitrogens with zero attached hydrogens (tertiary/aromatic N) is 1. The van der Waals surface area contributed by atoms with Gasteiger partial charge in [0.25, 0.3) is 0 Å². The van der Waals surface area contributed by atoms with Crippen molar-refractivity contribution in [1.29, 1.82) is 0 Å². The van der Waals surface area contributed by atoms with Crippen LogP contribution in [0.1, 0.15) is 32.3 Å². The molecule has 0 aromatic heterocycles. The van der Waals surface area contributed by atoms with E-state index >= 15 is 0 Å². The second-order valence-electron chi connectivity index (χ2n) is 6.06. The van der Waals surface area contributed by atoms with Crippen LogP contribution in [0.4, 0.5) is 0 Å². The summed E-state index contributed by atoms with van der Waals surface area (Å²) in [6.45, 7) is 8.76. The lowest BCUT2D eigenvalue weighted by atomic mass is 9.68. The van der Waals surface area contributed by atoms with Crippen LogP contribution in [0, 0.1) is 5.92 Å². The molecule has 3 heteroatoms. The van der Waals surface area contributed by atoms with E-state index in [1.807, 2.05) is 12.1 Å². The van der Waals surface area contributed by atoms with Crippen molar-refractivity contribution in [1.82, 2.24) is 4.90 Å². The number of aromatic hydroxyl groups is 1. The van der Waals surface area contributed by atoms with Crippen LogP contribution in [0.2, 0.25) is 0 Å². The van der Waals surface area contributed by atoms with Crippen molar-refractivity contribution < 1.29 is 5.11 Å². The molecule has 0 aliphatic carbocycles. The number of benzene rings is 1.